The molecule has 1 aromatic rings. The van der Waals surface area contributed by atoms with Gasteiger partial charge in [-0.3, -0.25) is 0 Å². The van der Waals surface area contributed by atoms with E-state index in [2.05, 4.69) is 4.98 Å². The van der Waals surface area contributed by atoms with Crippen LogP contribution in [0, 0.1) is 0 Å². The molecule has 12 heavy (non-hydrogen) atoms. The van der Waals surface area contributed by atoms with E-state index in [0.717, 1.165) is 5.57 Å². The molecule has 0 aliphatic rings. The molecule has 2 nitrogen and oxygen atoms in total. The van der Waals surface area contributed by atoms with Gasteiger partial charge in [0, 0.05) is 0 Å². The van der Waals surface area contributed by atoms with Crippen LogP contribution in [0.25, 0.3) is 0 Å². The molecule has 0 aliphatic heterocycles. The van der Waals surface area contributed by atoms with Crippen molar-refractivity contribution in [2.45, 2.75) is 20.0 Å². The highest BCUT2D eigenvalue weighted by Crippen LogP contribution is 2.24. The van der Waals surface area contributed by atoms with Crippen LogP contribution in [0.1, 0.15) is 25.0 Å². The summed E-state index contributed by atoms with van der Waals surface area (Å²) in [7, 11) is 0. The zero-order valence-electron chi connectivity index (χ0n) is 6.91. The molecule has 1 heterocycles. The van der Waals surface area contributed by atoms with Crippen LogP contribution < -0.4 is 0 Å². The Balaban J connectivity index is 2.78. The molecule has 0 saturated carbocycles. The molecule has 0 saturated heterocycles. The number of aromatic nitrogens is 1. The van der Waals surface area contributed by atoms with Crippen molar-refractivity contribution >= 4 is 22.9 Å². The molecule has 1 atom stereocenters. The molecular weight excluding hydrogens is 194 g/mol. The summed E-state index contributed by atoms with van der Waals surface area (Å²) in [4.78, 5) is 3.96. The van der Waals surface area contributed by atoms with Gasteiger partial charge < -0.3 is 5.11 Å². The number of thiazole rings is 1. The maximum Gasteiger partial charge on any atom is 0.127 e. The Hall–Kier alpha value is -0.380. The minimum absolute atomic E-state index is 0.603. The zero-order valence-corrected chi connectivity index (χ0v) is 8.49. The Morgan fingerprint density at radius 2 is 2.42 bits per heavy atom. The standard InChI is InChI=1S/C8H10ClNOS/c1-5(2)3-6(11)8-10-4-7(9)12-8/h3-4,6,11H,1-2H3. The lowest BCUT2D eigenvalue weighted by Gasteiger charge is -2.00. The first-order valence-electron chi connectivity index (χ1n) is 3.54. The van der Waals surface area contributed by atoms with Gasteiger partial charge in [0.05, 0.1) is 6.20 Å². The lowest BCUT2D eigenvalue weighted by atomic mass is 10.2. The van der Waals surface area contributed by atoms with Gasteiger partial charge in [0.2, 0.25) is 0 Å². The largest absolute Gasteiger partial charge is 0.382 e. The van der Waals surface area contributed by atoms with Crippen molar-refractivity contribution in [3.8, 4) is 0 Å². The van der Waals surface area contributed by atoms with Crippen molar-refractivity contribution in [3.63, 3.8) is 0 Å². The molecule has 66 valence electrons. The fraction of sp³-hybridized carbons (Fsp3) is 0.375. The molecular formula is C8H10ClNOS. The number of hydrogen-bond acceptors (Lipinski definition) is 3. The molecule has 1 aromatic heterocycles. The highest BCUT2D eigenvalue weighted by Gasteiger charge is 2.08. The third kappa shape index (κ3) is 2.59. The first-order valence-corrected chi connectivity index (χ1v) is 4.73. The van der Waals surface area contributed by atoms with E-state index in [-0.39, 0.29) is 0 Å². The Labute approximate surface area is 80.5 Å². The van der Waals surface area contributed by atoms with Gasteiger partial charge in [-0.25, -0.2) is 4.98 Å². The smallest absolute Gasteiger partial charge is 0.127 e. The molecule has 0 aromatic carbocycles. The minimum atomic E-state index is -0.618. The van der Waals surface area contributed by atoms with E-state index in [1.54, 1.807) is 12.3 Å². The van der Waals surface area contributed by atoms with Gasteiger partial charge in [-0.1, -0.05) is 23.3 Å². The molecule has 0 radical (unpaired) electrons. The summed E-state index contributed by atoms with van der Waals surface area (Å²) in [6.45, 7) is 3.86. The van der Waals surface area contributed by atoms with Gasteiger partial charge in [-0.05, 0) is 13.8 Å². The molecule has 1 rings (SSSR count). The summed E-state index contributed by atoms with van der Waals surface area (Å²) in [5, 5.41) is 10.2. The summed E-state index contributed by atoms with van der Waals surface area (Å²) in [5.41, 5.74) is 1.06. The lowest BCUT2D eigenvalue weighted by molar-refractivity contribution is 0.227. The van der Waals surface area contributed by atoms with Crippen molar-refractivity contribution in [3.05, 3.63) is 27.2 Å². The van der Waals surface area contributed by atoms with Gasteiger partial charge >= 0.3 is 0 Å². The van der Waals surface area contributed by atoms with Gasteiger partial charge in [-0.2, -0.15) is 0 Å². The van der Waals surface area contributed by atoms with Crippen molar-refractivity contribution < 1.29 is 5.11 Å². The predicted molar refractivity (Wildman–Crippen MR) is 51.5 cm³/mol. The topological polar surface area (TPSA) is 33.1 Å². The summed E-state index contributed by atoms with van der Waals surface area (Å²) < 4.78 is 0.603. The van der Waals surface area contributed by atoms with E-state index < -0.39 is 6.10 Å². The van der Waals surface area contributed by atoms with Crippen LogP contribution in [0.15, 0.2) is 17.8 Å². The second-order valence-electron chi connectivity index (χ2n) is 2.69. The van der Waals surface area contributed by atoms with Gasteiger partial charge in [-0.15, -0.1) is 11.3 Å². The van der Waals surface area contributed by atoms with Gasteiger partial charge in [0.25, 0.3) is 0 Å². The zero-order chi connectivity index (χ0) is 9.14. The fourth-order valence-corrected chi connectivity index (χ4v) is 1.68. The normalized spacial score (nSPS) is 12.7. The third-order valence-electron chi connectivity index (χ3n) is 1.24. The molecule has 1 unspecified atom stereocenters. The predicted octanol–water partition coefficient (Wildman–Crippen LogP) is 2.80. The Morgan fingerprint density at radius 3 is 2.83 bits per heavy atom. The van der Waals surface area contributed by atoms with Gasteiger partial charge in [0.15, 0.2) is 0 Å². The maximum absolute atomic E-state index is 9.52. The Kier molecular flexibility index (Phi) is 3.26. The highest BCUT2D eigenvalue weighted by molar-refractivity contribution is 7.15. The van der Waals surface area contributed by atoms with E-state index in [1.165, 1.54) is 11.3 Å². The Morgan fingerprint density at radius 1 is 1.75 bits per heavy atom. The molecule has 0 bridgehead atoms. The summed E-state index contributed by atoms with van der Waals surface area (Å²) in [6, 6.07) is 0. The lowest BCUT2D eigenvalue weighted by Crippen LogP contribution is -1.91. The number of halogens is 1. The summed E-state index contributed by atoms with van der Waals surface area (Å²) in [5.74, 6) is 0. The van der Waals surface area contributed by atoms with E-state index in [1.807, 2.05) is 13.8 Å². The first kappa shape index (κ1) is 9.71. The molecule has 1 N–H and O–H groups in total. The van der Waals surface area contributed by atoms with E-state index in [9.17, 15) is 5.11 Å². The van der Waals surface area contributed by atoms with Crippen LogP contribution in [0.3, 0.4) is 0 Å². The maximum atomic E-state index is 9.52. The molecule has 0 aliphatic carbocycles. The van der Waals surface area contributed by atoms with Crippen molar-refractivity contribution in [2.75, 3.05) is 0 Å². The number of rotatable bonds is 2. The van der Waals surface area contributed by atoms with Crippen molar-refractivity contribution in [2.24, 2.45) is 0 Å². The quantitative estimate of drug-likeness (QED) is 0.750. The van der Waals surface area contributed by atoms with Crippen LogP contribution in [-0.4, -0.2) is 10.1 Å². The number of allylic oxidation sites excluding steroid dienone is 1. The molecule has 0 spiro atoms. The minimum Gasteiger partial charge on any atom is -0.382 e. The van der Waals surface area contributed by atoms with Crippen LogP contribution in [0.2, 0.25) is 4.34 Å². The fourth-order valence-electron chi connectivity index (χ4n) is 0.791. The highest BCUT2D eigenvalue weighted by atomic mass is 35.5. The second kappa shape index (κ2) is 4.03. The molecule has 0 amide bonds. The van der Waals surface area contributed by atoms with Crippen molar-refractivity contribution in [1.82, 2.24) is 4.98 Å². The number of aliphatic hydroxyl groups is 1. The SMILES string of the molecule is CC(C)=CC(O)c1ncc(Cl)s1. The van der Waals surface area contributed by atoms with E-state index in [4.69, 9.17) is 11.6 Å². The molecule has 4 heteroatoms. The van der Waals surface area contributed by atoms with Crippen LogP contribution in [0.5, 0.6) is 0 Å². The average molecular weight is 204 g/mol. The van der Waals surface area contributed by atoms with Crippen LogP contribution >= 0.6 is 22.9 Å². The number of hydrogen-bond donors (Lipinski definition) is 1. The molecule has 0 fully saturated rings. The van der Waals surface area contributed by atoms with Crippen LogP contribution in [-0.2, 0) is 0 Å². The monoisotopic (exact) mass is 203 g/mol. The van der Waals surface area contributed by atoms with Crippen molar-refractivity contribution in [1.29, 1.82) is 0 Å². The van der Waals surface area contributed by atoms with Crippen LogP contribution in [0.4, 0.5) is 0 Å². The summed E-state index contributed by atoms with van der Waals surface area (Å²) >= 11 is 6.96. The van der Waals surface area contributed by atoms with E-state index in [0.29, 0.717) is 9.34 Å². The second-order valence-corrected chi connectivity index (χ2v) is 4.38. The first-order chi connectivity index (χ1) is 5.59. The average Bonchev–Trinajstić information content (AvgIpc) is 2.34. The Bertz CT molecular complexity index is 291. The van der Waals surface area contributed by atoms with E-state index >= 15 is 0 Å². The number of aliphatic hydroxyl groups excluding tert-OH is 1. The third-order valence-corrected chi connectivity index (χ3v) is 2.43. The summed E-state index contributed by atoms with van der Waals surface area (Å²) in [6.07, 6.45) is 2.67. The number of nitrogens with zero attached hydrogens (tertiary/aromatic N) is 1. The van der Waals surface area contributed by atoms with Gasteiger partial charge in [0.1, 0.15) is 15.4 Å².